The molecule has 0 saturated carbocycles. The normalized spacial score (nSPS) is 19.2. The minimum Gasteiger partial charge on any atom is -0.443 e. The summed E-state index contributed by atoms with van der Waals surface area (Å²) in [6, 6.07) is 17.0. The van der Waals surface area contributed by atoms with Gasteiger partial charge in [0.25, 0.3) is 0 Å². The number of carbonyl (C=O) groups is 1. The Bertz CT molecular complexity index is 1260. The van der Waals surface area contributed by atoms with Crippen molar-refractivity contribution >= 4 is 23.7 Å². The fourth-order valence-electron chi connectivity index (χ4n) is 4.85. The van der Waals surface area contributed by atoms with Crippen molar-refractivity contribution in [1.29, 1.82) is 0 Å². The molecule has 174 valence electrons. The summed E-state index contributed by atoms with van der Waals surface area (Å²) in [5.41, 5.74) is 7.48. The molecule has 2 aromatic rings. The number of amides is 1. The maximum Gasteiger partial charge on any atom is 0.414 e. The summed E-state index contributed by atoms with van der Waals surface area (Å²) >= 11 is 0. The molecule has 0 bridgehead atoms. The summed E-state index contributed by atoms with van der Waals surface area (Å²) in [6.45, 7) is 7.54. The highest BCUT2D eigenvalue weighted by Crippen LogP contribution is 2.34. The van der Waals surface area contributed by atoms with Crippen molar-refractivity contribution in [3.63, 3.8) is 0 Å². The first-order chi connectivity index (χ1) is 16.3. The molecule has 0 saturated heterocycles. The quantitative estimate of drug-likeness (QED) is 0.567. The number of fused-ring (bicyclic) bond motifs is 2. The molecule has 0 spiro atoms. The Morgan fingerprint density at radius 3 is 2.56 bits per heavy atom. The Morgan fingerprint density at radius 2 is 1.76 bits per heavy atom. The zero-order valence-corrected chi connectivity index (χ0v) is 20.4. The van der Waals surface area contributed by atoms with E-state index in [9.17, 15) is 4.79 Å². The molecule has 3 aliphatic rings. The van der Waals surface area contributed by atoms with Crippen molar-refractivity contribution in [2.45, 2.75) is 39.2 Å². The highest BCUT2D eigenvalue weighted by Gasteiger charge is 2.30. The number of ether oxygens (including phenoxy) is 1. The number of allylic oxidation sites excluding steroid dienone is 3. The molecule has 0 atom stereocenters. The third-order valence-corrected chi connectivity index (χ3v) is 6.43. The second kappa shape index (κ2) is 8.64. The minimum absolute atomic E-state index is 0.355. The van der Waals surface area contributed by atoms with E-state index >= 15 is 0 Å². The first-order valence-electron chi connectivity index (χ1n) is 12.0. The van der Waals surface area contributed by atoms with Crippen molar-refractivity contribution in [2.24, 2.45) is 0 Å². The molecule has 1 aliphatic carbocycles. The lowest BCUT2D eigenvalue weighted by molar-refractivity contribution is -0.423. The van der Waals surface area contributed by atoms with Crippen molar-refractivity contribution in [3.8, 4) is 0 Å². The third-order valence-electron chi connectivity index (χ3n) is 6.43. The standard InChI is InChI=1S/C29H32N3O2/c1-29(2,3)34-28(33)30(4)27-23(19-31-17-15-21-9-5-7-11-25(21)31)13-14-24(27)20-32-18-16-22-10-6-8-12-26(22)32/h5-14,19-20H,15-18H2,1-4H3/q+1. The largest absolute Gasteiger partial charge is 0.443 e. The summed E-state index contributed by atoms with van der Waals surface area (Å²) in [5, 5.41) is 0. The summed E-state index contributed by atoms with van der Waals surface area (Å²) in [4.78, 5) is 17.0. The predicted molar refractivity (Wildman–Crippen MR) is 137 cm³/mol. The Labute approximate surface area is 202 Å². The van der Waals surface area contributed by atoms with Gasteiger partial charge in [-0.05, 0) is 44.9 Å². The fraction of sp³-hybridized carbons (Fsp3) is 0.310. The first-order valence-corrected chi connectivity index (χ1v) is 12.0. The molecule has 2 aromatic carbocycles. The average Bonchev–Trinajstić information content (AvgIpc) is 3.51. The molecule has 5 nitrogen and oxygen atoms in total. The molecule has 0 unspecified atom stereocenters. The molecular formula is C29H32N3O2+. The van der Waals surface area contributed by atoms with Crippen molar-refractivity contribution in [3.05, 3.63) is 94.9 Å². The van der Waals surface area contributed by atoms with Crippen LogP contribution in [-0.2, 0) is 17.6 Å². The van der Waals surface area contributed by atoms with E-state index in [2.05, 4.69) is 82.6 Å². The lowest BCUT2D eigenvalue weighted by Crippen LogP contribution is -2.34. The second-order valence-corrected chi connectivity index (χ2v) is 10.0. The Morgan fingerprint density at radius 1 is 1.03 bits per heavy atom. The number of likely N-dealkylation sites (N-methyl/N-ethyl adjacent to an activating group) is 1. The SMILES string of the molecule is CN(C(=O)OC(C)(C)C)C1=C(C=[N+]2CCc3ccccc32)C=CC1=CN1CCc2ccccc21. The first kappa shape index (κ1) is 22.2. The Hall–Kier alpha value is -3.60. The molecule has 1 amide bonds. The summed E-state index contributed by atoms with van der Waals surface area (Å²) in [6.07, 6.45) is 10.2. The minimum atomic E-state index is -0.562. The van der Waals surface area contributed by atoms with Gasteiger partial charge in [0.05, 0.1) is 11.3 Å². The zero-order chi connectivity index (χ0) is 23.9. The number of carbonyl (C=O) groups excluding carboxylic acids is 1. The monoisotopic (exact) mass is 454 g/mol. The highest BCUT2D eigenvalue weighted by molar-refractivity contribution is 5.88. The van der Waals surface area contributed by atoms with Gasteiger partial charge < -0.3 is 9.64 Å². The van der Waals surface area contributed by atoms with Gasteiger partial charge in [-0.25, -0.2) is 4.79 Å². The van der Waals surface area contributed by atoms with Crippen LogP contribution in [-0.4, -0.2) is 47.5 Å². The molecule has 0 aromatic heterocycles. The molecule has 0 fully saturated rings. The topological polar surface area (TPSA) is 35.8 Å². The van der Waals surface area contributed by atoms with E-state index < -0.39 is 5.60 Å². The zero-order valence-electron chi connectivity index (χ0n) is 20.4. The van der Waals surface area contributed by atoms with E-state index in [1.165, 1.54) is 22.5 Å². The second-order valence-electron chi connectivity index (χ2n) is 10.0. The fourth-order valence-corrected chi connectivity index (χ4v) is 4.85. The van der Waals surface area contributed by atoms with E-state index in [0.29, 0.717) is 0 Å². The third kappa shape index (κ3) is 4.30. The van der Waals surface area contributed by atoms with Gasteiger partial charge in [0.15, 0.2) is 12.8 Å². The van der Waals surface area contributed by atoms with Crippen LogP contribution in [0.5, 0.6) is 0 Å². The predicted octanol–water partition coefficient (Wildman–Crippen LogP) is 5.59. The van der Waals surface area contributed by atoms with Crippen LogP contribution in [0.3, 0.4) is 0 Å². The van der Waals surface area contributed by atoms with Gasteiger partial charge in [-0.3, -0.25) is 4.90 Å². The summed E-state index contributed by atoms with van der Waals surface area (Å²) in [7, 11) is 1.80. The molecule has 2 heterocycles. The van der Waals surface area contributed by atoms with Crippen LogP contribution in [0.2, 0.25) is 0 Å². The highest BCUT2D eigenvalue weighted by atomic mass is 16.6. The smallest absolute Gasteiger partial charge is 0.414 e. The molecule has 0 N–H and O–H groups in total. The Kier molecular flexibility index (Phi) is 5.64. The number of rotatable bonds is 3. The van der Waals surface area contributed by atoms with Gasteiger partial charge in [-0.2, -0.15) is 4.58 Å². The van der Waals surface area contributed by atoms with Crippen LogP contribution in [0.4, 0.5) is 16.2 Å². The van der Waals surface area contributed by atoms with Crippen LogP contribution >= 0.6 is 0 Å². The summed E-state index contributed by atoms with van der Waals surface area (Å²) in [5.74, 6) is 0. The number of hydrogen-bond acceptors (Lipinski definition) is 3. The molecule has 5 rings (SSSR count). The van der Waals surface area contributed by atoms with Crippen molar-refractivity contribution in [1.82, 2.24) is 4.90 Å². The number of hydrogen-bond donors (Lipinski definition) is 0. The number of para-hydroxylation sites is 2. The van der Waals surface area contributed by atoms with Gasteiger partial charge in [0.2, 0.25) is 5.69 Å². The van der Waals surface area contributed by atoms with Crippen molar-refractivity contribution in [2.75, 3.05) is 25.0 Å². The van der Waals surface area contributed by atoms with Gasteiger partial charge in [0.1, 0.15) is 5.60 Å². The molecular weight excluding hydrogens is 422 g/mol. The van der Waals surface area contributed by atoms with Gasteiger partial charge >= 0.3 is 6.09 Å². The van der Waals surface area contributed by atoms with Gasteiger partial charge in [-0.15, -0.1) is 0 Å². The van der Waals surface area contributed by atoms with Crippen LogP contribution in [0.1, 0.15) is 31.9 Å². The molecule has 34 heavy (non-hydrogen) atoms. The van der Waals surface area contributed by atoms with Crippen LogP contribution in [0.15, 0.2) is 83.7 Å². The van der Waals surface area contributed by atoms with E-state index in [0.717, 1.165) is 42.8 Å². The van der Waals surface area contributed by atoms with Crippen molar-refractivity contribution < 1.29 is 14.1 Å². The van der Waals surface area contributed by atoms with Crippen LogP contribution < -0.4 is 4.90 Å². The number of benzene rings is 2. The molecule has 5 heteroatoms. The van der Waals surface area contributed by atoms with E-state index in [-0.39, 0.29) is 6.09 Å². The van der Waals surface area contributed by atoms with Gasteiger partial charge in [0, 0.05) is 49.1 Å². The lowest BCUT2D eigenvalue weighted by atomic mass is 10.1. The number of anilines is 1. The molecule has 2 aliphatic heterocycles. The van der Waals surface area contributed by atoms with Crippen LogP contribution in [0.25, 0.3) is 0 Å². The maximum atomic E-state index is 13.1. The summed E-state index contributed by atoms with van der Waals surface area (Å²) < 4.78 is 8.00. The van der Waals surface area contributed by atoms with Gasteiger partial charge in [-0.1, -0.05) is 42.5 Å². The van der Waals surface area contributed by atoms with E-state index in [4.69, 9.17) is 4.74 Å². The maximum absolute atomic E-state index is 13.1. The Balaban J connectivity index is 1.55. The lowest BCUT2D eigenvalue weighted by Gasteiger charge is -2.27. The van der Waals surface area contributed by atoms with E-state index in [1.807, 2.05) is 20.8 Å². The molecule has 0 radical (unpaired) electrons. The van der Waals surface area contributed by atoms with Crippen LogP contribution in [0, 0.1) is 0 Å². The average molecular weight is 455 g/mol. The number of nitrogens with zero attached hydrogens (tertiary/aromatic N) is 3. The van der Waals surface area contributed by atoms with E-state index in [1.54, 1.807) is 11.9 Å².